The molecule has 7 heteroatoms. The summed E-state index contributed by atoms with van der Waals surface area (Å²) in [7, 11) is 0. The van der Waals surface area contributed by atoms with Crippen LogP contribution in [0.25, 0.3) is 22.0 Å². The summed E-state index contributed by atoms with van der Waals surface area (Å²) in [4.78, 5) is 24.3. The molecule has 4 aliphatic heterocycles. The van der Waals surface area contributed by atoms with Gasteiger partial charge in [-0.05, 0) is 0 Å². The number of aromatic nitrogens is 1. The molecule has 2 saturated heterocycles. The topological polar surface area (TPSA) is 54.9 Å². The fourth-order valence-corrected chi connectivity index (χ4v) is 13.7. The SMILES string of the molecule is O=C(c1cc(N2CCCc3ccccc32)nc2ccc(-c3ccc4c(c3)OCO4)cc12)N1CCC[C@H]1CCI1CCCC1. The third kappa shape index (κ3) is 5.23. The minimum atomic E-state index is -0.775. The van der Waals surface area contributed by atoms with E-state index in [0.717, 1.165) is 83.7 Å². The third-order valence-electron chi connectivity index (χ3n) is 9.52. The number of carbonyl (C=O) groups is 1. The van der Waals surface area contributed by atoms with Gasteiger partial charge in [0.25, 0.3) is 0 Å². The minimum absolute atomic E-state index is 0.166. The zero-order valence-electron chi connectivity index (χ0n) is 24.6. The van der Waals surface area contributed by atoms with Gasteiger partial charge in [-0.25, -0.2) is 0 Å². The van der Waals surface area contributed by atoms with Gasteiger partial charge in [0.05, 0.1) is 0 Å². The van der Waals surface area contributed by atoms with Crippen molar-refractivity contribution in [2.24, 2.45) is 0 Å². The zero-order chi connectivity index (χ0) is 28.8. The fourth-order valence-electron chi connectivity index (χ4n) is 7.24. The molecule has 8 rings (SSSR count). The van der Waals surface area contributed by atoms with Crippen molar-refractivity contribution in [1.29, 1.82) is 0 Å². The van der Waals surface area contributed by atoms with E-state index in [9.17, 15) is 4.79 Å². The number of amides is 1. The van der Waals surface area contributed by atoms with Gasteiger partial charge in [0.1, 0.15) is 0 Å². The van der Waals surface area contributed by atoms with Crippen LogP contribution < -0.4 is 14.4 Å². The van der Waals surface area contributed by atoms with Crippen molar-refractivity contribution in [3.8, 4) is 22.6 Å². The Kier molecular flexibility index (Phi) is 7.37. The van der Waals surface area contributed by atoms with Gasteiger partial charge in [0.2, 0.25) is 6.79 Å². The monoisotopic (exact) mass is 687 g/mol. The van der Waals surface area contributed by atoms with Crippen molar-refractivity contribution in [1.82, 2.24) is 9.88 Å². The predicted molar refractivity (Wildman–Crippen MR) is 182 cm³/mol. The molecule has 4 aromatic rings. The normalized spacial score (nSPS) is 20.2. The molecule has 6 nitrogen and oxygen atoms in total. The van der Waals surface area contributed by atoms with Gasteiger partial charge < -0.3 is 9.47 Å². The van der Waals surface area contributed by atoms with Crippen LogP contribution in [0.3, 0.4) is 0 Å². The van der Waals surface area contributed by atoms with Gasteiger partial charge in [0, 0.05) is 0 Å². The first-order chi connectivity index (χ1) is 21.2. The Morgan fingerprint density at radius 3 is 2.65 bits per heavy atom. The van der Waals surface area contributed by atoms with Crippen LogP contribution in [0.4, 0.5) is 11.5 Å². The van der Waals surface area contributed by atoms with Crippen molar-refractivity contribution in [2.75, 3.05) is 38.1 Å². The van der Waals surface area contributed by atoms with Crippen LogP contribution in [0.2, 0.25) is 0 Å². The molecule has 0 N–H and O–H groups in total. The molecule has 0 spiro atoms. The Morgan fingerprint density at radius 2 is 1.72 bits per heavy atom. The number of pyridine rings is 1. The molecular weight excluding hydrogens is 649 g/mol. The summed E-state index contributed by atoms with van der Waals surface area (Å²) >= 11 is -0.775. The number of aryl methyl sites for hydroxylation is 1. The number of rotatable bonds is 6. The summed E-state index contributed by atoms with van der Waals surface area (Å²) in [5.41, 5.74) is 6.28. The van der Waals surface area contributed by atoms with Crippen molar-refractivity contribution in [2.45, 2.75) is 51.0 Å². The molecular formula is C36H38IN3O3. The van der Waals surface area contributed by atoms with Crippen LogP contribution in [0, 0.1) is 0 Å². The Bertz CT molecular complexity index is 1680. The molecule has 43 heavy (non-hydrogen) atoms. The number of benzene rings is 3. The molecule has 5 heterocycles. The number of hydrogen-bond acceptors (Lipinski definition) is 5. The van der Waals surface area contributed by atoms with E-state index >= 15 is 0 Å². The average molecular weight is 688 g/mol. The van der Waals surface area contributed by atoms with Gasteiger partial charge in [-0.3, -0.25) is 0 Å². The Morgan fingerprint density at radius 1 is 0.884 bits per heavy atom. The molecule has 0 saturated carbocycles. The second-order valence-corrected chi connectivity index (χ2v) is 18.6. The molecule has 1 amide bonds. The number of halogens is 1. The van der Waals surface area contributed by atoms with E-state index in [1.807, 2.05) is 12.1 Å². The first kappa shape index (κ1) is 27.2. The first-order valence-corrected chi connectivity index (χ1v) is 20.4. The molecule has 1 atom stereocenters. The first-order valence-electron chi connectivity index (χ1n) is 15.8. The molecule has 0 bridgehead atoms. The number of nitrogens with zero attached hydrogens (tertiary/aromatic N) is 3. The summed E-state index contributed by atoms with van der Waals surface area (Å²) in [5, 5.41) is 0.922. The van der Waals surface area contributed by atoms with Crippen molar-refractivity contribution >= 4 is 48.1 Å². The van der Waals surface area contributed by atoms with E-state index in [0.29, 0.717) is 6.04 Å². The quantitative estimate of drug-likeness (QED) is 0.152. The molecule has 4 aliphatic rings. The molecule has 2 fully saturated rings. The number of fused-ring (bicyclic) bond motifs is 3. The number of para-hydroxylation sites is 1. The fraction of sp³-hybridized carbons (Fsp3) is 0.389. The number of hydrogen-bond donors (Lipinski definition) is 0. The van der Waals surface area contributed by atoms with E-state index in [1.165, 1.54) is 43.8 Å². The van der Waals surface area contributed by atoms with E-state index < -0.39 is 19.8 Å². The maximum absolute atomic E-state index is 14.6. The molecule has 222 valence electrons. The second kappa shape index (κ2) is 11.6. The molecule has 0 unspecified atom stereocenters. The average Bonchev–Trinajstić information content (AvgIpc) is 3.84. The Balaban J connectivity index is 1.20. The van der Waals surface area contributed by atoms with E-state index in [1.54, 1.807) is 0 Å². The zero-order valence-corrected chi connectivity index (χ0v) is 26.7. The van der Waals surface area contributed by atoms with Gasteiger partial charge in [0.15, 0.2) is 5.75 Å². The summed E-state index contributed by atoms with van der Waals surface area (Å²) in [6.07, 6.45) is 8.45. The van der Waals surface area contributed by atoms with Crippen molar-refractivity contribution < 1.29 is 14.3 Å². The summed E-state index contributed by atoms with van der Waals surface area (Å²) in [6.45, 7) is 2.00. The second-order valence-electron chi connectivity index (χ2n) is 12.1. The molecule has 3 aromatic carbocycles. The van der Waals surface area contributed by atoms with Gasteiger partial charge in [-0.15, -0.1) is 0 Å². The summed E-state index contributed by atoms with van der Waals surface area (Å²) < 4.78 is 15.6. The number of carbonyl (C=O) groups excluding carboxylic acids is 1. The number of likely N-dealkylation sites (tertiary alicyclic amines) is 1. The van der Waals surface area contributed by atoms with Crippen LogP contribution in [-0.2, 0) is 6.42 Å². The number of alkyl halides is 3. The molecule has 0 aliphatic carbocycles. The summed E-state index contributed by atoms with van der Waals surface area (Å²) in [6, 6.07) is 23.5. The van der Waals surface area contributed by atoms with Gasteiger partial charge >= 0.3 is 234 Å². The van der Waals surface area contributed by atoms with Crippen LogP contribution in [0.15, 0.2) is 66.7 Å². The standard InChI is InChI=1S/C36H38IN3O3/c41-36(39-19-6-9-28(39)15-18-37-16-3-4-17-37)30-23-35(40-20-5-8-25-7-1-2-10-32(25)40)38-31-13-11-26(21-29(30)31)27-12-14-33-34(22-27)43-24-42-33/h1-2,7,10-14,21-23,28H,3-6,8-9,15-20,24H2/t28-/m0/s1. The van der Waals surface area contributed by atoms with Crippen LogP contribution in [-0.4, -0.2) is 55.0 Å². The van der Waals surface area contributed by atoms with Crippen LogP contribution in [0.5, 0.6) is 11.5 Å². The predicted octanol–water partition coefficient (Wildman–Crippen LogP) is 8.01. The number of anilines is 2. The molecule has 1 aromatic heterocycles. The number of ether oxygens (including phenoxy) is 2. The Labute approximate surface area is 260 Å². The van der Waals surface area contributed by atoms with Gasteiger partial charge in [-0.2, -0.15) is 0 Å². The van der Waals surface area contributed by atoms with Crippen molar-refractivity contribution in [3.63, 3.8) is 0 Å². The molecule has 0 radical (unpaired) electrons. The van der Waals surface area contributed by atoms with E-state index in [-0.39, 0.29) is 12.7 Å². The van der Waals surface area contributed by atoms with E-state index in [2.05, 4.69) is 64.4 Å². The van der Waals surface area contributed by atoms with Crippen molar-refractivity contribution in [3.05, 3.63) is 77.9 Å². The maximum atomic E-state index is 14.6. The third-order valence-corrected chi connectivity index (χ3v) is 16.2. The van der Waals surface area contributed by atoms with Gasteiger partial charge in [-0.1, -0.05) is 6.07 Å². The Hall–Kier alpha value is -3.33. The summed E-state index contributed by atoms with van der Waals surface area (Å²) in [5.74, 6) is 2.57. The van der Waals surface area contributed by atoms with Crippen LogP contribution >= 0.6 is 19.8 Å². The van der Waals surface area contributed by atoms with E-state index in [4.69, 9.17) is 14.5 Å². The van der Waals surface area contributed by atoms with Crippen LogP contribution in [0.1, 0.15) is 54.4 Å².